The Kier molecular flexibility index (Phi) is 8.59. The number of carbonyl (C=O) groups is 3. The van der Waals surface area contributed by atoms with E-state index in [1.54, 1.807) is 0 Å². The molecule has 0 aliphatic heterocycles. The molecule has 0 bridgehead atoms. The first-order valence-electron chi connectivity index (χ1n) is 7.69. The van der Waals surface area contributed by atoms with Gasteiger partial charge in [-0.2, -0.15) is 0 Å². The highest BCUT2D eigenvalue weighted by Gasteiger charge is 2.21. The lowest BCUT2D eigenvalue weighted by atomic mass is 9.87. The summed E-state index contributed by atoms with van der Waals surface area (Å²) < 4.78 is 0. The van der Waals surface area contributed by atoms with Gasteiger partial charge in [0, 0.05) is 18.3 Å². The van der Waals surface area contributed by atoms with Crippen molar-refractivity contribution in [2.24, 2.45) is 17.3 Å². The molecule has 0 saturated carbocycles. The van der Waals surface area contributed by atoms with Gasteiger partial charge < -0.3 is 4.79 Å². The van der Waals surface area contributed by atoms with Crippen LogP contribution in [0.3, 0.4) is 0 Å². The summed E-state index contributed by atoms with van der Waals surface area (Å²) in [5.74, 6) is 0.245. The zero-order chi connectivity index (χ0) is 15.8. The van der Waals surface area contributed by atoms with Gasteiger partial charge in [0.25, 0.3) is 0 Å². The van der Waals surface area contributed by atoms with E-state index < -0.39 is 5.92 Å². The number of rotatable bonds is 10. The van der Waals surface area contributed by atoms with Crippen molar-refractivity contribution in [2.45, 2.75) is 73.1 Å². The fourth-order valence-electron chi connectivity index (χ4n) is 2.09. The molecular formula is C17H30O3. The second-order valence-corrected chi connectivity index (χ2v) is 7.07. The summed E-state index contributed by atoms with van der Waals surface area (Å²) in [5.41, 5.74) is -0.268. The summed E-state index contributed by atoms with van der Waals surface area (Å²) >= 11 is 0. The van der Waals surface area contributed by atoms with Gasteiger partial charge in [0.2, 0.25) is 0 Å². The van der Waals surface area contributed by atoms with E-state index in [2.05, 4.69) is 0 Å². The summed E-state index contributed by atoms with van der Waals surface area (Å²) in [5, 5.41) is 0. The first-order chi connectivity index (χ1) is 9.18. The third-order valence-corrected chi connectivity index (χ3v) is 3.47. The molecule has 3 nitrogen and oxygen atoms in total. The Bertz CT molecular complexity index is 324. The van der Waals surface area contributed by atoms with Crippen LogP contribution in [0.2, 0.25) is 0 Å². The van der Waals surface area contributed by atoms with Crippen LogP contribution in [0.15, 0.2) is 0 Å². The minimum Gasteiger partial charge on any atom is -0.303 e. The Morgan fingerprint density at radius 1 is 1.00 bits per heavy atom. The van der Waals surface area contributed by atoms with Crippen molar-refractivity contribution in [3.8, 4) is 0 Å². The van der Waals surface area contributed by atoms with Crippen molar-refractivity contribution in [2.75, 3.05) is 0 Å². The maximum absolute atomic E-state index is 11.9. The van der Waals surface area contributed by atoms with Gasteiger partial charge in [0.1, 0.15) is 17.9 Å². The van der Waals surface area contributed by atoms with Crippen LogP contribution in [0.4, 0.5) is 0 Å². The lowest BCUT2D eigenvalue weighted by Crippen LogP contribution is -2.19. The number of carbonyl (C=O) groups excluding carboxylic acids is 3. The van der Waals surface area contributed by atoms with Gasteiger partial charge in [-0.15, -0.1) is 0 Å². The molecular weight excluding hydrogens is 252 g/mol. The van der Waals surface area contributed by atoms with Gasteiger partial charge in [0.15, 0.2) is 0 Å². The van der Waals surface area contributed by atoms with Crippen molar-refractivity contribution in [1.82, 2.24) is 0 Å². The highest BCUT2D eigenvalue weighted by molar-refractivity contribution is 5.93. The number of hydrogen-bond acceptors (Lipinski definition) is 3. The van der Waals surface area contributed by atoms with Crippen molar-refractivity contribution < 1.29 is 14.4 Å². The highest BCUT2D eigenvalue weighted by Crippen LogP contribution is 2.19. The third-order valence-electron chi connectivity index (χ3n) is 3.47. The van der Waals surface area contributed by atoms with Gasteiger partial charge in [0.05, 0.1) is 5.92 Å². The van der Waals surface area contributed by atoms with Crippen LogP contribution < -0.4 is 0 Å². The second-order valence-electron chi connectivity index (χ2n) is 7.07. The van der Waals surface area contributed by atoms with E-state index in [0.29, 0.717) is 25.2 Å². The Labute approximate surface area is 123 Å². The quantitative estimate of drug-likeness (QED) is 0.346. The molecule has 0 radical (unpaired) electrons. The maximum atomic E-state index is 11.9. The van der Waals surface area contributed by atoms with Crippen molar-refractivity contribution >= 4 is 17.9 Å². The number of ketones is 2. The summed E-state index contributed by atoms with van der Waals surface area (Å²) in [6.45, 7) is 9.82. The summed E-state index contributed by atoms with van der Waals surface area (Å²) in [6.07, 6.45) is 4.95. The molecule has 0 heterocycles. The van der Waals surface area contributed by atoms with Gasteiger partial charge in [-0.3, -0.25) is 9.59 Å². The smallest absolute Gasteiger partial charge is 0.143 e. The van der Waals surface area contributed by atoms with Gasteiger partial charge in [-0.25, -0.2) is 0 Å². The summed E-state index contributed by atoms with van der Waals surface area (Å²) in [7, 11) is 0. The first kappa shape index (κ1) is 19.0. The predicted molar refractivity (Wildman–Crippen MR) is 81.6 cm³/mol. The minimum atomic E-state index is -0.439. The number of Topliss-reactive ketones (excluding diaryl/α,β-unsaturated/α-hetero) is 2. The van der Waals surface area contributed by atoms with Gasteiger partial charge in [-0.05, 0) is 25.2 Å². The molecule has 0 N–H and O–H groups in total. The Morgan fingerprint density at radius 2 is 1.55 bits per heavy atom. The van der Waals surface area contributed by atoms with Crippen LogP contribution in [0.5, 0.6) is 0 Å². The Balaban J connectivity index is 3.87. The highest BCUT2D eigenvalue weighted by atomic mass is 16.1. The van der Waals surface area contributed by atoms with E-state index in [-0.39, 0.29) is 17.0 Å². The van der Waals surface area contributed by atoms with Crippen molar-refractivity contribution in [3.63, 3.8) is 0 Å². The first-order valence-corrected chi connectivity index (χ1v) is 7.69. The molecule has 20 heavy (non-hydrogen) atoms. The molecule has 116 valence electrons. The number of aldehydes is 1. The van der Waals surface area contributed by atoms with Crippen molar-refractivity contribution in [3.05, 3.63) is 0 Å². The topological polar surface area (TPSA) is 51.2 Å². The van der Waals surface area contributed by atoms with Crippen LogP contribution in [-0.4, -0.2) is 17.9 Å². The normalized spacial score (nSPS) is 13.3. The zero-order valence-corrected chi connectivity index (χ0v) is 13.7. The fourth-order valence-corrected chi connectivity index (χ4v) is 2.09. The molecule has 0 spiro atoms. The van der Waals surface area contributed by atoms with Gasteiger partial charge >= 0.3 is 0 Å². The molecule has 0 aliphatic carbocycles. The fraction of sp³-hybridized carbons (Fsp3) is 0.824. The summed E-state index contributed by atoms with van der Waals surface area (Å²) in [6, 6.07) is 0. The maximum Gasteiger partial charge on any atom is 0.143 e. The molecule has 0 saturated heterocycles. The van der Waals surface area contributed by atoms with Gasteiger partial charge in [-0.1, -0.05) is 41.0 Å². The van der Waals surface area contributed by atoms with Crippen LogP contribution >= 0.6 is 0 Å². The van der Waals surface area contributed by atoms with Crippen LogP contribution in [0.1, 0.15) is 73.1 Å². The second kappa shape index (κ2) is 9.04. The van der Waals surface area contributed by atoms with Crippen molar-refractivity contribution in [1.29, 1.82) is 0 Å². The molecule has 0 amide bonds. The molecule has 0 aromatic rings. The lowest BCUT2D eigenvalue weighted by molar-refractivity contribution is -0.128. The standard InChI is InChI=1S/C17H30O3/c1-13(2)11-14(12-18)15(19)9-7-6-8-10-16(20)17(3,4)5/h12-14H,6-11H2,1-5H3. The number of unbranched alkanes of at least 4 members (excludes halogenated alkanes) is 2. The Hall–Kier alpha value is -0.990. The van der Waals surface area contributed by atoms with E-state index in [1.165, 1.54) is 0 Å². The van der Waals surface area contributed by atoms with Crippen LogP contribution in [0, 0.1) is 17.3 Å². The number of hydrogen-bond donors (Lipinski definition) is 0. The van der Waals surface area contributed by atoms with E-state index in [9.17, 15) is 14.4 Å². The average molecular weight is 282 g/mol. The van der Waals surface area contributed by atoms with Crippen LogP contribution in [-0.2, 0) is 14.4 Å². The van der Waals surface area contributed by atoms with E-state index in [4.69, 9.17) is 0 Å². The largest absolute Gasteiger partial charge is 0.303 e. The average Bonchev–Trinajstić information content (AvgIpc) is 2.33. The van der Waals surface area contributed by atoms with E-state index in [0.717, 1.165) is 25.5 Å². The lowest BCUT2D eigenvalue weighted by Gasteiger charge is -2.16. The molecule has 0 rings (SSSR count). The molecule has 1 unspecified atom stereocenters. The zero-order valence-electron chi connectivity index (χ0n) is 13.7. The van der Waals surface area contributed by atoms with E-state index in [1.807, 2.05) is 34.6 Å². The molecule has 1 atom stereocenters. The molecule has 0 aliphatic rings. The molecule has 0 fully saturated rings. The molecule has 3 heteroatoms. The molecule has 0 aromatic carbocycles. The monoisotopic (exact) mass is 282 g/mol. The molecule has 0 aromatic heterocycles. The predicted octanol–water partition coefficient (Wildman–Crippen LogP) is 3.98. The van der Waals surface area contributed by atoms with Crippen LogP contribution in [0.25, 0.3) is 0 Å². The minimum absolute atomic E-state index is 0.0517. The third kappa shape index (κ3) is 8.23. The Morgan fingerprint density at radius 3 is 2.00 bits per heavy atom. The van der Waals surface area contributed by atoms with E-state index >= 15 is 0 Å². The summed E-state index contributed by atoms with van der Waals surface area (Å²) in [4.78, 5) is 34.5. The SMILES string of the molecule is CC(C)CC(C=O)C(=O)CCCCCC(=O)C(C)(C)C.